The van der Waals surface area contributed by atoms with Gasteiger partial charge in [-0.15, -0.1) is 10.2 Å². The lowest BCUT2D eigenvalue weighted by Crippen LogP contribution is -2.43. The van der Waals surface area contributed by atoms with Crippen molar-refractivity contribution in [1.29, 1.82) is 0 Å². The summed E-state index contributed by atoms with van der Waals surface area (Å²) in [5, 5.41) is 11.7. The zero-order chi connectivity index (χ0) is 13.0. The first-order valence-electron chi connectivity index (χ1n) is 5.83. The second-order valence-corrected chi connectivity index (χ2v) is 5.20. The van der Waals surface area contributed by atoms with Gasteiger partial charge in [0.2, 0.25) is 11.0 Å². The number of nitrogen functional groups attached to an aromatic ring is 1. The molecule has 7 nitrogen and oxygen atoms in total. The number of nitrogens with one attached hydrogen (secondary N) is 1. The molecule has 0 bridgehead atoms. The molecule has 0 saturated carbocycles. The first-order chi connectivity index (χ1) is 8.65. The van der Waals surface area contributed by atoms with Gasteiger partial charge in [-0.2, -0.15) is 0 Å². The van der Waals surface area contributed by atoms with Crippen molar-refractivity contribution < 1.29 is 9.53 Å². The molecule has 1 aliphatic rings. The van der Waals surface area contributed by atoms with Gasteiger partial charge in [0.05, 0.1) is 25.8 Å². The molecule has 0 aliphatic carbocycles. The highest BCUT2D eigenvalue weighted by molar-refractivity contribution is 7.15. The summed E-state index contributed by atoms with van der Waals surface area (Å²) in [7, 11) is 0. The van der Waals surface area contributed by atoms with E-state index in [-0.39, 0.29) is 11.9 Å². The van der Waals surface area contributed by atoms with Crippen molar-refractivity contribution in [2.45, 2.75) is 13.0 Å². The predicted octanol–water partition coefficient (Wildman–Crippen LogP) is -0.370. The van der Waals surface area contributed by atoms with E-state index in [0.29, 0.717) is 24.9 Å². The van der Waals surface area contributed by atoms with Crippen LogP contribution >= 0.6 is 11.3 Å². The van der Waals surface area contributed by atoms with Gasteiger partial charge in [-0.05, 0) is 6.92 Å². The van der Waals surface area contributed by atoms with Gasteiger partial charge in [0.1, 0.15) is 5.01 Å². The van der Waals surface area contributed by atoms with Crippen molar-refractivity contribution in [1.82, 2.24) is 20.4 Å². The molecule has 1 aromatic rings. The average molecular weight is 271 g/mol. The number of ether oxygens (including phenoxy) is 1. The smallest absolute Gasteiger partial charge is 0.234 e. The van der Waals surface area contributed by atoms with Gasteiger partial charge < -0.3 is 15.8 Å². The number of hydrogen-bond donors (Lipinski definition) is 2. The molecule has 0 unspecified atom stereocenters. The van der Waals surface area contributed by atoms with Gasteiger partial charge in [-0.1, -0.05) is 11.3 Å². The van der Waals surface area contributed by atoms with Crippen LogP contribution in [0.5, 0.6) is 0 Å². The minimum Gasteiger partial charge on any atom is -0.379 e. The molecule has 100 valence electrons. The minimum atomic E-state index is -0.159. The molecule has 1 aromatic heterocycles. The van der Waals surface area contributed by atoms with Crippen molar-refractivity contribution in [3.05, 3.63) is 5.01 Å². The molecule has 8 heteroatoms. The van der Waals surface area contributed by atoms with Crippen LogP contribution in [0.1, 0.15) is 18.0 Å². The fourth-order valence-electron chi connectivity index (χ4n) is 1.73. The van der Waals surface area contributed by atoms with E-state index in [0.717, 1.165) is 18.1 Å². The Bertz CT molecular complexity index is 405. The molecule has 1 aliphatic heterocycles. The fraction of sp³-hybridized carbons (Fsp3) is 0.700. The number of carbonyl (C=O) groups is 1. The Hall–Kier alpha value is -1.25. The summed E-state index contributed by atoms with van der Waals surface area (Å²) >= 11 is 1.29. The molecular formula is C10H17N5O2S. The summed E-state index contributed by atoms with van der Waals surface area (Å²) in [4.78, 5) is 13.9. The van der Waals surface area contributed by atoms with E-state index in [2.05, 4.69) is 20.4 Å². The molecule has 18 heavy (non-hydrogen) atoms. The highest BCUT2D eigenvalue weighted by atomic mass is 32.1. The number of nitrogens with zero attached hydrogens (tertiary/aromatic N) is 3. The Kier molecular flexibility index (Phi) is 4.45. The predicted molar refractivity (Wildman–Crippen MR) is 68.1 cm³/mol. The van der Waals surface area contributed by atoms with Crippen LogP contribution in [0.15, 0.2) is 0 Å². The van der Waals surface area contributed by atoms with E-state index in [1.165, 1.54) is 11.3 Å². The summed E-state index contributed by atoms with van der Waals surface area (Å²) in [6, 6.07) is -0.159. The SMILES string of the molecule is C[C@H](NC(=O)CN1CCOCC1)c1nnc(N)s1. The fourth-order valence-corrected chi connectivity index (χ4v) is 2.35. The van der Waals surface area contributed by atoms with E-state index in [4.69, 9.17) is 10.5 Å². The van der Waals surface area contributed by atoms with Crippen LogP contribution in [-0.2, 0) is 9.53 Å². The first-order valence-corrected chi connectivity index (χ1v) is 6.65. The molecular weight excluding hydrogens is 254 g/mol. The monoisotopic (exact) mass is 271 g/mol. The Labute approximate surface area is 109 Å². The van der Waals surface area contributed by atoms with Gasteiger partial charge in [-0.3, -0.25) is 9.69 Å². The maximum Gasteiger partial charge on any atom is 0.234 e. The van der Waals surface area contributed by atoms with Gasteiger partial charge >= 0.3 is 0 Å². The van der Waals surface area contributed by atoms with Crippen LogP contribution in [0.2, 0.25) is 0 Å². The zero-order valence-electron chi connectivity index (χ0n) is 10.3. The molecule has 2 heterocycles. The van der Waals surface area contributed by atoms with Crippen molar-refractivity contribution >= 4 is 22.4 Å². The van der Waals surface area contributed by atoms with E-state index in [1.54, 1.807) is 0 Å². The molecule has 0 radical (unpaired) electrons. The van der Waals surface area contributed by atoms with Crippen LogP contribution < -0.4 is 11.1 Å². The quantitative estimate of drug-likeness (QED) is 0.776. The summed E-state index contributed by atoms with van der Waals surface area (Å²) in [6.07, 6.45) is 0. The van der Waals surface area contributed by atoms with Crippen LogP contribution in [0.4, 0.5) is 5.13 Å². The standard InChI is InChI=1S/C10H17N5O2S/c1-7(9-13-14-10(11)18-9)12-8(16)6-15-2-4-17-5-3-15/h7H,2-6H2,1H3,(H2,11,14)(H,12,16)/t7-/m0/s1. The number of rotatable bonds is 4. The lowest BCUT2D eigenvalue weighted by molar-refractivity contribution is -0.123. The highest BCUT2D eigenvalue weighted by Crippen LogP contribution is 2.18. The lowest BCUT2D eigenvalue weighted by atomic mass is 10.3. The second-order valence-electron chi connectivity index (χ2n) is 4.16. The second kappa shape index (κ2) is 6.07. The molecule has 1 fully saturated rings. The molecule has 1 amide bonds. The van der Waals surface area contributed by atoms with Crippen molar-refractivity contribution in [3.63, 3.8) is 0 Å². The molecule has 0 aromatic carbocycles. The van der Waals surface area contributed by atoms with E-state index in [9.17, 15) is 4.79 Å². The Morgan fingerprint density at radius 2 is 2.28 bits per heavy atom. The first kappa shape index (κ1) is 13.2. The minimum absolute atomic E-state index is 0.0156. The van der Waals surface area contributed by atoms with Crippen LogP contribution in [-0.4, -0.2) is 53.9 Å². The maximum atomic E-state index is 11.8. The number of nitrogens with two attached hydrogens (primary N) is 1. The Balaban J connectivity index is 1.79. The molecule has 1 atom stereocenters. The molecule has 1 saturated heterocycles. The van der Waals surface area contributed by atoms with Crippen molar-refractivity contribution in [2.24, 2.45) is 0 Å². The molecule has 3 N–H and O–H groups in total. The summed E-state index contributed by atoms with van der Waals surface area (Å²) in [5.41, 5.74) is 5.51. The molecule has 0 spiro atoms. The van der Waals surface area contributed by atoms with Crippen molar-refractivity contribution in [2.75, 3.05) is 38.6 Å². The molecule has 2 rings (SSSR count). The van der Waals surface area contributed by atoms with Gasteiger partial charge in [0, 0.05) is 13.1 Å². The third-order valence-corrected chi connectivity index (χ3v) is 3.61. The van der Waals surface area contributed by atoms with Crippen molar-refractivity contribution in [3.8, 4) is 0 Å². The van der Waals surface area contributed by atoms with Crippen LogP contribution in [0.25, 0.3) is 0 Å². The highest BCUT2D eigenvalue weighted by Gasteiger charge is 2.17. The number of aromatic nitrogens is 2. The number of amides is 1. The van der Waals surface area contributed by atoms with Crippen LogP contribution in [0.3, 0.4) is 0 Å². The van der Waals surface area contributed by atoms with Crippen LogP contribution in [0, 0.1) is 0 Å². The number of carbonyl (C=O) groups excluding carboxylic acids is 1. The number of morpholine rings is 1. The topological polar surface area (TPSA) is 93.4 Å². The maximum absolute atomic E-state index is 11.8. The number of hydrogen-bond acceptors (Lipinski definition) is 7. The zero-order valence-corrected chi connectivity index (χ0v) is 11.1. The third-order valence-electron chi connectivity index (χ3n) is 2.68. The Morgan fingerprint density at radius 3 is 2.89 bits per heavy atom. The van der Waals surface area contributed by atoms with Gasteiger partial charge in [0.15, 0.2) is 0 Å². The number of anilines is 1. The Morgan fingerprint density at radius 1 is 1.56 bits per heavy atom. The van der Waals surface area contributed by atoms with E-state index in [1.807, 2.05) is 6.92 Å². The summed E-state index contributed by atoms with van der Waals surface area (Å²) in [6.45, 7) is 5.24. The summed E-state index contributed by atoms with van der Waals surface area (Å²) in [5.74, 6) is -0.0156. The lowest BCUT2D eigenvalue weighted by Gasteiger charge is -2.26. The largest absolute Gasteiger partial charge is 0.379 e. The third kappa shape index (κ3) is 3.62. The summed E-state index contributed by atoms with van der Waals surface area (Å²) < 4.78 is 5.23. The van der Waals surface area contributed by atoms with E-state index >= 15 is 0 Å². The van der Waals surface area contributed by atoms with Gasteiger partial charge in [-0.25, -0.2) is 0 Å². The van der Waals surface area contributed by atoms with E-state index < -0.39 is 0 Å². The normalized spacial score (nSPS) is 18.5. The average Bonchev–Trinajstić information content (AvgIpc) is 2.77. The van der Waals surface area contributed by atoms with Gasteiger partial charge in [0.25, 0.3) is 0 Å².